The monoisotopic (exact) mass is 230 g/mol. The van der Waals surface area contributed by atoms with Gasteiger partial charge in [0.2, 0.25) is 0 Å². The minimum absolute atomic E-state index is 0. The fraction of sp³-hybridized carbons (Fsp3) is 0.750. The predicted molar refractivity (Wildman–Crippen MR) is 39.4 cm³/mol. The van der Waals surface area contributed by atoms with E-state index in [9.17, 15) is 9.59 Å². The Labute approximate surface area is 93.0 Å². The van der Waals surface area contributed by atoms with Gasteiger partial charge in [-0.3, -0.25) is 6.29 Å². The third kappa shape index (κ3) is 10.4. The van der Waals surface area contributed by atoms with Crippen molar-refractivity contribution in [2.24, 2.45) is 5.41 Å². The average molecular weight is 230 g/mol. The summed E-state index contributed by atoms with van der Waals surface area (Å²) in [6.45, 7) is 5.90. The Morgan fingerprint density at radius 2 is 1.82 bits per heavy atom. The van der Waals surface area contributed by atoms with E-state index in [1.807, 2.05) is 20.8 Å². The molecule has 0 aliphatic heterocycles. The third-order valence-electron chi connectivity index (χ3n) is 0.997. The minimum atomic E-state index is -0.0583. The number of carbonyl (C=O) groups excluding carboxylic acids is 2. The van der Waals surface area contributed by atoms with Crippen molar-refractivity contribution >= 4 is 12.1 Å². The van der Waals surface area contributed by atoms with E-state index in [2.05, 4.69) is 0 Å². The van der Waals surface area contributed by atoms with Gasteiger partial charge in [0.1, 0.15) is 5.78 Å². The molecule has 0 unspecified atom stereocenters. The molecule has 0 aromatic rings. The molecule has 0 aromatic heterocycles. The summed E-state index contributed by atoms with van der Waals surface area (Å²) in [6, 6.07) is 0. The number of hydrogen-bond acceptors (Lipinski definition) is 2. The smallest absolute Gasteiger partial charge is 0.107 e. The fourth-order valence-corrected chi connectivity index (χ4v) is 0.735. The largest absolute Gasteiger partial charge is 0.541 e. The first kappa shape index (κ1) is 14.0. The quantitative estimate of drug-likeness (QED) is 0.543. The van der Waals surface area contributed by atoms with Crippen LogP contribution in [-0.4, -0.2) is 12.1 Å². The zero-order chi connectivity index (χ0) is 8.20. The number of ketones is 1. The van der Waals surface area contributed by atoms with Crippen LogP contribution < -0.4 is 0 Å². The molecule has 0 rings (SSSR count). The molecule has 1 radical (unpaired) electrons. The fourth-order valence-electron chi connectivity index (χ4n) is 0.735. The van der Waals surface area contributed by atoms with Gasteiger partial charge in [-0.1, -0.05) is 27.2 Å². The first-order chi connectivity index (χ1) is 4.45. The maximum atomic E-state index is 10.8. The van der Waals surface area contributed by atoms with Gasteiger partial charge in [-0.15, -0.1) is 0 Å². The molecule has 0 spiro atoms. The third-order valence-corrected chi connectivity index (χ3v) is 0.997. The molecular formula is C8H13O2Y-. The van der Waals surface area contributed by atoms with Crippen LogP contribution in [0.2, 0.25) is 0 Å². The first-order valence-electron chi connectivity index (χ1n) is 3.32. The predicted octanol–water partition coefficient (Wildman–Crippen LogP) is 1.49. The summed E-state index contributed by atoms with van der Waals surface area (Å²) in [6.07, 6.45) is 1.99. The van der Waals surface area contributed by atoms with Crippen LogP contribution in [0.4, 0.5) is 0 Å². The van der Waals surface area contributed by atoms with E-state index in [1.54, 1.807) is 6.29 Å². The summed E-state index contributed by atoms with van der Waals surface area (Å²) in [5.41, 5.74) is -0.00602. The maximum Gasteiger partial charge on any atom is 0.107 e. The Balaban J connectivity index is 0. The van der Waals surface area contributed by atoms with Crippen molar-refractivity contribution in [2.75, 3.05) is 0 Å². The molecular weight excluding hydrogens is 217 g/mol. The number of carbonyl (C=O) groups is 1. The van der Waals surface area contributed by atoms with Gasteiger partial charge in [-0.25, -0.2) is 0 Å². The molecule has 2 nitrogen and oxygen atoms in total. The van der Waals surface area contributed by atoms with E-state index in [0.29, 0.717) is 6.42 Å². The van der Waals surface area contributed by atoms with Crippen molar-refractivity contribution in [3.05, 3.63) is 0 Å². The summed E-state index contributed by atoms with van der Waals surface area (Å²) >= 11 is 0. The number of Topliss-reactive ketones (excluding diaryl/α,β-unsaturated/α-hetero) is 1. The van der Waals surface area contributed by atoms with Crippen LogP contribution in [0.1, 0.15) is 33.6 Å². The van der Waals surface area contributed by atoms with Gasteiger partial charge in [0.15, 0.2) is 0 Å². The second-order valence-electron chi connectivity index (χ2n) is 3.60. The molecule has 0 saturated carbocycles. The second-order valence-corrected chi connectivity index (χ2v) is 3.60. The molecule has 0 saturated heterocycles. The molecule has 0 atom stereocenters. The molecule has 3 heteroatoms. The summed E-state index contributed by atoms with van der Waals surface area (Å²) in [7, 11) is 0. The normalized spacial score (nSPS) is 10.1. The Hall–Kier alpha value is 0.444. The van der Waals surface area contributed by atoms with Crippen molar-refractivity contribution in [1.29, 1.82) is 0 Å². The van der Waals surface area contributed by atoms with Crippen molar-refractivity contribution in [3.63, 3.8) is 0 Å². The van der Waals surface area contributed by atoms with Gasteiger partial charge in [-0.05, 0) is 5.41 Å². The van der Waals surface area contributed by atoms with Crippen LogP contribution in [0, 0.1) is 5.41 Å². The zero-order valence-corrected chi connectivity index (χ0v) is 10.1. The molecule has 61 valence electrons. The molecule has 0 N–H and O–H groups in total. The van der Waals surface area contributed by atoms with Crippen LogP contribution in [0.3, 0.4) is 0 Å². The van der Waals surface area contributed by atoms with Crippen LogP contribution in [0.25, 0.3) is 0 Å². The van der Waals surface area contributed by atoms with E-state index in [4.69, 9.17) is 0 Å². The first-order valence-corrected chi connectivity index (χ1v) is 3.32. The van der Waals surface area contributed by atoms with E-state index in [1.165, 1.54) is 0 Å². The van der Waals surface area contributed by atoms with Gasteiger partial charge in [0.25, 0.3) is 0 Å². The van der Waals surface area contributed by atoms with Gasteiger partial charge < -0.3 is 9.59 Å². The van der Waals surface area contributed by atoms with Crippen molar-refractivity contribution in [2.45, 2.75) is 33.6 Å². The Morgan fingerprint density at radius 3 is 2.09 bits per heavy atom. The topological polar surface area (TPSA) is 34.1 Å². The van der Waals surface area contributed by atoms with Gasteiger partial charge in [0, 0.05) is 39.1 Å². The Morgan fingerprint density at radius 1 is 1.36 bits per heavy atom. The molecule has 0 bridgehead atoms. The molecule has 11 heavy (non-hydrogen) atoms. The molecule has 0 fully saturated rings. The van der Waals surface area contributed by atoms with Crippen molar-refractivity contribution in [3.8, 4) is 0 Å². The number of hydrogen-bond donors (Lipinski definition) is 0. The van der Waals surface area contributed by atoms with Crippen LogP contribution >= 0.6 is 0 Å². The Bertz CT molecular complexity index is 136. The number of rotatable bonds is 3. The van der Waals surface area contributed by atoms with E-state index in [-0.39, 0.29) is 50.3 Å². The molecule has 0 heterocycles. The second kappa shape index (κ2) is 6.02. The molecule has 0 amide bonds. The van der Waals surface area contributed by atoms with Crippen molar-refractivity contribution in [1.82, 2.24) is 0 Å². The zero-order valence-electron chi connectivity index (χ0n) is 7.31. The summed E-state index contributed by atoms with van der Waals surface area (Å²) in [5, 5.41) is 0. The van der Waals surface area contributed by atoms with Crippen LogP contribution in [-0.2, 0) is 42.3 Å². The van der Waals surface area contributed by atoms with Crippen LogP contribution in [0.15, 0.2) is 0 Å². The van der Waals surface area contributed by atoms with Crippen LogP contribution in [0.5, 0.6) is 0 Å². The molecule has 0 aliphatic carbocycles. The molecule has 0 aromatic carbocycles. The molecule has 0 aliphatic rings. The van der Waals surface area contributed by atoms with E-state index >= 15 is 0 Å². The summed E-state index contributed by atoms with van der Waals surface area (Å²) in [5.74, 6) is -0.0255. The SMILES string of the molecule is CC(C)(C)CC(=O)C[C-]=O.[Y]. The van der Waals surface area contributed by atoms with Gasteiger partial charge in [-0.2, -0.15) is 0 Å². The maximum absolute atomic E-state index is 10.8. The van der Waals surface area contributed by atoms with Gasteiger partial charge >= 0.3 is 0 Å². The van der Waals surface area contributed by atoms with Crippen molar-refractivity contribution < 1.29 is 42.3 Å². The van der Waals surface area contributed by atoms with E-state index in [0.717, 1.165) is 0 Å². The van der Waals surface area contributed by atoms with E-state index < -0.39 is 0 Å². The standard InChI is InChI=1S/C8H13O2.Y/c1-8(2,3)6-7(10)4-5-9;/h4,6H2,1-3H3;/q-1;. The summed E-state index contributed by atoms with van der Waals surface area (Å²) in [4.78, 5) is 20.6. The van der Waals surface area contributed by atoms with Gasteiger partial charge in [0.05, 0.1) is 0 Å². The summed E-state index contributed by atoms with van der Waals surface area (Å²) < 4.78 is 0. The minimum Gasteiger partial charge on any atom is -0.541 e. The Kier molecular flexibility index (Phi) is 7.65. The average Bonchev–Trinajstić information content (AvgIpc) is 1.59.